The van der Waals surface area contributed by atoms with Crippen LogP contribution in [0.4, 0.5) is 0 Å². The van der Waals surface area contributed by atoms with Gasteiger partial charge in [0.05, 0.1) is 6.54 Å². The minimum atomic E-state index is -0.167. The number of aryl methyl sites for hydroxylation is 1. The number of carbonyl (C=O) groups is 2. The maximum atomic E-state index is 12.6. The van der Waals surface area contributed by atoms with Gasteiger partial charge in [0, 0.05) is 31.5 Å². The quantitative estimate of drug-likeness (QED) is 0.789. The van der Waals surface area contributed by atoms with Crippen molar-refractivity contribution in [3.05, 3.63) is 53.9 Å². The van der Waals surface area contributed by atoms with Crippen LogP contribution in [0, 0.1) is 6.92 Å². The van der Waals surface area contributed by atoms with Crippen molar-refractivity contribution in [2.75, 3.05) is 20.1 Å². The van der Waals surface area contributed by atoms with E-state index in [2.05, 4.69) is 17.2 Å². The van der Waals surface area contributed by atoms with Crippen molar-refractivity contribution in [2.45, 2.75) is 26.7 Å². The SMILES string of the molecule is CCCCNC(=O)CN(C)C(=O)c1cccc(-c2ccncc2C)c1. The minimum Gasteiger partial charge on any atom is -0.355 e. The second-order valence-electron chi connectivity index (χ2n) is 6.14. The molecule has 5 heteroatoms. The molecule has 0 unspecified atom stereocenters. The van der Waals surface area contributed by atoms with Gasteiger partial charge in [0.25, 0.3) is 5.91 Å². The van der Waals surface area contributed by atoms with Crippen molar-refractivity contribution >= 4 is 11.8 Å². The second-order valence-corrected chi connectivity index (χ2v) is 6.14. The zero-order valence-corrected chi connectivity index (χ0v) is 15.1. The molecular formula is C20H25N3O2. The Labute approximate surface area is 149 Å². The molecule has 132 valence electrons. The first-order valence-electron chi connectivity index (χ1n) is 8.56. The highest BCUT2D eigenvalue weighted by molar-refractivity contribution is 5.97. The van der Waals surface area contributed by atoms with Crippen molar-refractivity contribution in [2.24, 2.45) is 0 Å². The van der Waals surface area contributed by atoms with E-state index in [-0.39, 0.29) is 18.4 Å². The van der Waals surface area contributed by atoms with Gasteiger partial charge in [0.15, 0.2) is 0 Å². The summed E-state index contributed by atoms with van der Waals surface area (Å²) >= 11 is 0. The highest BCUT2D eigenvalue weighted by Gasteiger charge is 2.15. The van der Waals surface area contributed by atoms with Crippen LogP contribution < -0.4 is 5.32 Å². The molecular weight excluding hydrogens is 314 g/mol. The molecule has 1 heterocycles. The molecule has 1 N–H and O–H groups in total. The first-order valence-corrected chi connectivity index (χ1v) is 8.56. The first-order chi connectivity index (χ1) is 12.0. The van der Waals surface area contributed by atoms with E-state index in [4.69, 9.17) is 0 Å². The molecule has 0 atom stereocenters. The van der Waals surface area contributed by atoms with Gasteiger partial charge in [-0.05, 0) is 48.2 Å². The van der Waals surface area contributed by atoms with Gasteiger partial charge >= 0.3 is 0 Å². The largest absolute Gasteiger partial charge is 0.355 e. The lowest BCUT2D eigenvalue weighted by Gasteiger charge is -2.17. The number of pyridine rings is 1. The number of amides is 2. The fourth-order valence-electron chi connectivity index (χ4n) is 2.59. The van der Waals surface area contributed by atoms with E-state index in [0.717, 1.165) is 29.5 Å². The molecule has 1 aromatic heterocycles. The summed E-state index contributed by atoms with van der Waals surface area (Å²) in [5, 5.41) is 2.83. The van der Waals surface area contributed by atoms with Gasteiger partial charge in [-0.2, -0.15) is 0 Å². The molecule has 1 aromatic carbocycles. The molecule has 0 aliphatic rings. The van der Waals surface area contributed by atoms with Gasteiger partial charge in [0.1, 0.15) is 0 Å². The molecule has 0 radical (unpaired) electrons. The third-order valence-electron chi connectivity index (χ3n) is 4.02. The number of nitrogens with zero attached hydrogens (tertiary/aromatic N) is 2. The van der Waals surface area contributed by atoms with E-state index < -0.39 is 0 Å². The number of hydrogen-bond acceptors (Lipinski definition) is 3. The Bertz CT molecular complexity index is 743. The highest BCUT2D eigenvalue weighted by atomic mass is 16.2. The van der Waals surface area contributed by atoms with Crippen LogP contribution in [0.5, 0.6) is 0 Å². The maximum absolute atomic E-state index is 12.6. The van der Waals surface area contributed by atoms with Crippen LogP contribution >= 0.6 is 0 Å². The number of unbranched alkanes of at least 4 members (excludes halogenated alkanes) is 1. The van der Waals surface area contributed by atoms with E-state index in [9.17, 15) is 9.59 Å². The van der Waals surface area contributed by atoms with Gasteiger partial charge in [0.2, 0.25) is 5.91 Å². The molecule has 2 amide bonds. The molecule has 0 fully saturated rings. The van der Waals surface area contributed by atoms with Crippen LogP contribution in [0.25, 0.3) is 11.1 Å². The molecule has 0 aliphatic heterocycles. The summed E-state index contributed by atoms with van der Waals surface area (Å²) in [6.07, 6.45) is 5.51. The Morgan fingerprint density at radius 2 is 2.04 bits per heavy atom. The summed E-state index contributed by atoms with van der Waals surface area (Å²) in [4.78, 5) is 30.0. The fourth-order valence-corrected chi connectivity index (χ4v) is 2.59. The van der Waals surface area contributed by atoms with Crippen molar-refractivity contribution in [1.29, 1.82) is 0 Å². The summed E-state index contributed by atoms with van der Waals surface area (Å²) in [7, 11) is 1.64. The van der Waals surface area contributed by atoms with Crippen LogP contribution in [0.3, 0.4) is 0 Å². The Balaban J connectivity index is 2.08. The standard InChI is InChI=1S/C20H25N3O2/c1-4-5-10-22-19(24)14-23(3)20(25)17-8-6-7-16(12-17)18-9-11-21-13-15(18)2/h6-9,11-13H,4-5,10,14H2,1-3H3,(H,22,24). The van der Waals surface area contributed by atoms with Crippen LogP contribution in [0.1, 0.15) is 35.7 Å². The normalized spacial score (nSPS) is 10.4. The Morgan fingerprint density at radius 1 is 1.24 bits per heavy atom. The van der Waals surface area contributed by atoms with Gasteiger partial charge in [-0.25, -0.2) is 0 Å². The van der Waals surface area contributed by atoms with Gasteiger partial charge in [-0.3, -0.25) is 14.6 Å². The van der Waals surface area contributed by atoms with Crippen LogP contribution in [-0.4, -0.2) is 41.8 Å². The number of likely N-dealkylation sites (N-methyl/N-ethyl adjacent to an activating group) is 1. The molecule has 0 bridgehead atoms. The Hall–Kier alpha value is -2.69. The van der Waals surface area contributed by atoms with E-state index in [1.165, 1.54) is 4.90 Å². The smallest absolute Gasteiger partial charge is 0.254 e. The van der Waals surface area contributed by atoms with Crippen LogP contribution in [0.2, 0.25) is 0 Å². The second kappa shape index (κ2) is 8.97. The Morgan fingerprint density at radius 3 is 2.76 bits per heavy atom. The number of rotatable bonds is 7. The summed E-state index contributed by atoms with van der Waals surface area (Å²) in [6, 6.07) is 9.39. The Kier molecular flexibility index (Phi) is 6.69. The lowest BCUT2D eigenvalue weighted by atomic mass is 10.0. The topological polar surface area (TPSA) is 62.3 Å². The van der Waals surface area contributed by atoms with Gasteiger partial charge in [-0.1, -0.05) is 25.5 Å². The molecule has 0 aliphatic carbocycles. The maximum Gasteiger partial charge on any atom is 0.254 e. The number of carbonyl (C=O) groups excluding carboxylic acids is 2. The van der Waals surface area contributed by atoms with Crippen LogP contribution in [-0.2, 0) is 4.79 Å². The lowest BCUT2D eigenvalue weighted by molar-refractivity contribution is -0.121. The van der Waals surface area contributed by atoms with E-state index in [0.29, 0.717) is 12.1 Å². The van der Waals surface area contributed by atoms with Crippen molar-refractivity contribution in [3.8, 4) is 11.1 Å². The summed E-state index contributed by atoms with van der Waals surface area (Å²) in [6.45, 7) is 4.76. The third kappa shape index (κ3) is 5.14. The van der Waals surface area contributed by atoms with Crippen molar-refractivity contribution in [1.82, 2.24) is 15.2 Å². The number of benzene rings is 1. The van der Waals surface area contributed by atoms with Gasteiger partial charge < -0.3 is 10.2 Å². The molecule has 0 saturated carbocycles. The number of nitrogens with one attached hydrogen (secondary N) is 1. The molecule has 0 saturated heterocycles. The average molecular weight is 339 g/mol. The molecule has 5 nitrogen and oxygen atoms in total. The molecule has 2 rings (SSSR count). The fraction of sp³-hybridized carbons (Fsp3) is 0.350. The van der Waals surface area contributed by atoms with Crippen LogP contribution in [0.15, 0.2) is 42.7 Å². The monoisotopic (exact) mass is 339 g/mol. The van der Waals surface area contributed by atoms with E-state index >= 15 is 0 Å². The summed E-state index contributed by atoms with van der Waals surface area (Å²) in [5.74, 6) is -0.301. The van der Waals surface area contributed by atoms with Crippen molar-refractivity contribution < 1.29 is 9.59 Å². The molecule has 0 spiro atoms. The van der Waals surface area contributed by atoms with E-state index in [1.54, 1.807) is 25.5 Å². The van der Waals surface area contributed by atoms with E-state index in [1.807, 2.05) is 31.2 Å². The number of aromatic nitrogens is 1. The predicted molar refractivity (Wildman–Crippen MR) is 99.3 cm³/mol. The van der Waals surface area contributed by atoms with Gasteiger partial charge in [-0.15, -0.1) is 0 Å². The first kappa shape index (κ1) is 18.6. The molecule has 25 heavy (non-hydrogen) atoms. The zero-order chi connectivity index (χ0) is 18.2. The zero-order valence-electron chi connectivity index (χ0n) is 15.1. The predicted octanol–water partition coefficient (Wildman–Crippen LogP) is 3.05. The summed E-state index contributed by atoms with van der Waals surface area (Å²) in [5.41, 5.74) is 3.63. The average Bonchev–Trinajstić information content (AvgIpc) is 2.61. The summed E-state index contributed by atoms with van der Waals surface area (Å²) < 4.78 is 0. The highest BCUT2D eigenvalue weighted by Crippen LogP contribution is 2.23. The number of hydrogen-bond donors (Lipinski definition) is 1. The lowest BCUT2D eigenvalue weighted by Crippen LogP contribution is -2.38. The third-order valence-corrected chi connectivity index (χ3v) is 4.02. The van der Waals surface area contributed by atoms with Crippen molar-refractivity contribution in [3.63, 3.8) is 0 Å². The molecule has 2 aromatic rings. The minimum absolute atomic E-state index is 0.0566.